The molecule has 0 saturated carbocycles. The van der Waals surface area contributed by atoms with Crippen molar-refractivity contribution >= 4 is 17.3 Å². The van der Waals surface area contributed by atoms with Crippen LogP contribution in [0.4, 0.5) is 11.4 Å². The van der Waals surface area contributed by atoms with Gasteiger partial charge in [-0.1, -0.05) is 0 Å². The molecule has 2 rings (SSSR count). The lowest BCUT2D eigenvalue weighted by Gasteiger charge is -2.37. The maximum absolute atomic E-state index is 11.8. The first kappa shape index (κ1) is 13.7. The van der Waals surface area contributed by atoms with Crippen molar-refractivity contribution < 1.29 is 14.6 Å². The monoisotopic (exact) mass is 264 g/mol. The van der Waals surface area contributed by atoms with Gasteiger partial charge >= 0.3 is 5.97 Å². The quantitative estimate of drug-likeness (QED) is 0.624. The van der Waals surface area contributed by atoms with E-state index in [9.17, 15) is 9.90 Å². The summed E-state index contributed by atoms with van der Waals surface area (Å²) in [5.74, 6) is -0.389. The standard InChI is InChI=1S/C14H20N2O3/c1-14(18)5-7-16(8-6-14)12-4-3-10(15)9-11(12)13(17)19-2/h3-4,9,18H,5-8,15H2,1-2H3. The Kier molecular flexibility index (Phi) is 3.66. The number of methoxy groups -OCH3 is 1. The molecule has 0 atom stereocenters. The number of rotatable bonds is 2. The maximum Gasteiger partial charge on any atom is 0.340 e. The van der Waals surface area contributed by atoms with E-state index in [1.165, 1.54) is 7.11 Å². The Morgan fingerprint density at radius 2 is 2.05 bits per heavy atom. The molecule has 5 nitrogen and oxygen atoms in total. The van der Waals surface area contributed by atoms with E-state index in [2.05, 4.69) is 4.90 Å². The van der Waals surface area contributed by atoms with Crippen LogP contribution in [0.1, 0.15) is 30.1 Å². The zero-order valence-corrected chi connectivity index (χ0v) is 11.3. The van der Waals surface area contributed by atoms with Gasteiger partial charge in [-0.3, -0.25) is 0 Å². The second kappa shape index (κ2) is 5.09. The Morgan fingerprint density at radius 3 is 2.63 bits per heavy atom. The van der Waals surface area contributed by atoms with Crippen LogP contribution >= 0.6 is 0 Å². The number of ether oxygens (including phenoxy) is 1. The molecule has 0 aromatic heterocycles. The van der Waals surface area contributed by atoms with Gasteiger partial charge in [-0.15, -0.1) is 0 Å². The van der Waals surface area contributed by atoms with Gasteiger partial charge in [-0.05, 0) is 38.0 Å². The first-order chi connectivity index (χ1) is 8.93. The van der Waals surface area contributed by atoms with Crippen LogP contribution in [-0.2, 0) is 4.74 Å². The molecule has 104 valence electrons. The normalized spacial score (nSPS) is 18.2. The van der Waals surface area contributed by atoms with Crippen LogP contribution in [0.15, 0.2) is 18.2 Å². The summed E-state index contributed by atoms with van der Waals surface area (Å²) in [6.45, 7) is 3.26. The van der Waals surface area contributed by atoms with Crippen LogP contribution in [0.2, 0.25) is 0 Å². The molecule has 1 aliphatic rings. The fourth-order valence-corrected chi connectivity index (χ4v) is 2.33. The second-order valence-electron chi connectivity index (χ2n) is 5.25. The molecule has 1 saturated heterocycles. The number of esters is 1. The van der Waals surface area contributed by atoms with Crippen LogP contribution in [-0.4, -0.2) is 36.9 Å². The number of anilines is 2. The van der Waals surface area contributed by atoms with Crippen LogP contribution in [0.5, 0.6) is 0 Å². The molecule has 0 radical (unpaired) electrons. The Balaban J connectivity index is 2.27. The molecule has 1 aliphatic heterocycles. The summed E-state index contributed by atoms with van der Waals surface area (Å²) in [6, 6.07) is 5.24. The summed E-state index contributed by atoms with van der Waals surface area (Å²) < 4.78 is 4.79. The van der Waals surface area contributed by atoms with E-state index in [0.29, 0.717) is 37.2 Å². The van der Waals surface area contributed by atoms with E-state index in [4.69, 9.17) is 10.5 Å². The van der Waals surface area contributed by atoms with Crippen LogP contribution in [0, 0.1) is 0 Å². The van der Waals surface area contributed by atoms with Gasteiger partial charge in [-0.25, -0.2) is 4.79 Å². The fourth-order valence-electron chi connectivity index (χ4n) is 2.33. The molecular weight excluding hydrogens is 244 g/mol. The Morgan fingerprint density at radius 1 is 1.42 bits per heavy atom. The molecule has 1 fully saturated rings. The number of nitrogens with two attached hydrogens (primary N) is 1. The van der Waals surface area contributed by atoms with Crippen molar-refractivity contribution in [1.29, 1.82) is 0 Å². The van der Waals surface area contributed by atoms with Crippen molar-refractivity contribution in [2.45, 2.75) is 25.4 Å². The van der Waals surface area contributed by atoms with Gasteiger partial charge < -0.3 is 20.5 Å². The third-order valence-electron chi connectivity index (χ3n) is 3.61. The number of piperidine rings is 1. The van der Waals surface area contributed by atoms with Gasteiger partial charge in [0.1, 0.15) is 0 Å². The van der Waals surface area contributed by atoms with Gasteiger partial charge in [0.15, 0.2) is 0 Å². The van der Waals surface area contributed by atoms with E-state index >= 15 is 0 Å². The van der Waals surface area contributed by atoms with Crippen molar-refractivity contribution in [3.05, 3.63) is 23.8 Å². The van der Waals surface area contributed by atoms with E-state index in [0.717, 1.165) is 5.69 Å². The minimum atomic E-state index is -0.615. The van der Waals surface area contributed by atoms with Crippen molar-refractivity contribution in [3.8, 4) is 0 Å². The molecule has 0 aliphatic carbocycles. The fraction of sp³-hybridized carbons (Fsp3) is 0.500. The molecule has 1 aromatic rings. The maximum atomic E-state index is 11.8. The summed E-state index contributed by atoms with van der Waals surface area (Å²) >= 11 is 0. The predicted octanol–water partition coefficient (Wildman–Crippen LogP) is 1.41. The molecule has 0 bridgehead atoms. The third-order valence-corrected chi connectivity index (χ3v) is 3.61. The van der Waals surface area contributed by atoms with Crippen LogP contribution in [0.25, 0.3) is 0 Å². The van der Waals surface area contributed by atoms with Crippen molar-refractivity contribution in [2.24, 2.45) is 0 Å². The van der Waals surface area contributed by atoms with E-state index in [1.807, 2.05) is 13.0 Å². The molecule has 0 unspecified atom stereocenters. The number of hydrogen-bond donors (Lipinski definition) is 2. The SMILES string of the molecule is COC(=O)c1cc(N)ccc1N1CCC(C)(O)CC1. The highest BCUT2D eigenvalue weighted by atomic mass is 16.5. The number of benzene rings is 1. The zero-order valence-electron chi connectivity index (χ0n) is 11.3. The first-order valence-corrected chi connectivity index (χ1v) is 6.38. The lowest BCUT2D eigenvalue weighted by atomic mass is 9.93. The number of nitrogens with zero attached hydrogens (tertiary/aromatic N) is 1. The average molecular weight is 264 g/mol. The Hall–Kier alpha value is -1.75. The molecule has 19 heavy (non-hydrogen) atoms. The number of nitrogen functional groups attached to an aromatic ring is 1. The first-order valence-electron chi connectivity index (χ1n) is 6.38. The average Bonchev–Trinajstić information content (AvgIpc) is 2.38. The summed E-state index contributed by atoms with van der Waals surface area (Å²) in [6.07, 6.45) is 1.36. The van der Waals surface area contributed by atoms with Gasteiger partial charge in [0, 0.05) is 18.8 Å². The molecule has 1 aromatic carbocycles. The molecular formula is C14H20N2O3. The lowest BCUT2D eigenvalue weighted by Crippen LogP contribution is -2.43. The number of hydrogen-bond acceptors (Lipinski definition) is 5. The summed E-state index contributed by atoms with van der Waals surface area (Å²) in [4.78, 5) is 13.9. The summed E-state index contributed by atoms with van der Waals surface area (Å²) in [7, 11) is 1.36. The smallest absolute Gasteiger partial charge is 0.340 e. The minimum absolute atomic E-state index is 0.389. The number of carbonyl (C=O) groups excluding carboxylic acids is 1. The van der Waals surface area contributed by atoms with Gasteiger partial charge in [0.2, 0.25) is 0 Å². The highest BCUT2D eigenvalue weighted by Crippen LogP contribution is 2.29. The van der Waals surface area contributed by atoms with Gasteiger partial charge in [-0.2, -0.15) is 0 Å². The van der Waals surface area contributed by atoms with Gasteiger partial charge in [0.25, 0.3) is 0 Å². The van der Waals surface area contributed by atoms with Crippen LogP contribution in [0.3, 0.4) is 0 Å². The molecule has 0 amide bonds. The minimum Gasteiger partial charge on any atom is -0.465 e. The molecule has 0 spiro atoms. The largest absolute Gasteiger partial charge is 0.465 e. The van der Waals surface area contributed by atoms with E-state index in [1.54, 1.807) is 12.1 Å². The third kappa shape index (κ3) is 2.98. The molecule has 1 heterocycles. The Labute approximate surface area is 113 Å². The highest BCUT2D eigenvalue weighted by molar-refractivity contribution is 5.97. The number of aliphatic hydroxyl groups is 1. The highest BCUT2D eigenvalue weighted by Gasteiger charge is 2.29. The van der Waals surface area contributed by atoms with Crippen LogP contribution < -0.4 is 10.6 Å². The summed E-state index contributed by atoms with van der Waals surface area (Å²) in [5, 5.41) is 9.97. The Bertz CT molecular complexity index is 476. The number of carbonyl (C=O) groups is 1. The van der Waals surface area contributed by atoms with E-state index in [-0.39, 0.29) is 5.97 Å². The molecule has 3 N–H and O–H groups in total. The second-order valence-corrected chi connectivity index (χ2v) is 5.25. The van der Waals surface area contributed by atoms with Crippen molar-refractivity contribution in [3.63, 3.8) is 0 Å². The van der Waals surface area contributed by atoms with Gasteiger partial charge in [0.05, 0.1) is 24.0 Å². The predicted molar refractivity (Wildman–Crippen MR) is 74.3 cm³/mol. The zero-order chi connectivity index (χ0) is 14.0. The van der Waals surface area contributed by atoms with E-state index < -0.39 is 5.60 Å². The van der Waals surface area contributed by atoms with Crippen molar-refractivity contribution in [2.75, 3.05) is 30.8 Å². The van der Waals surface area contributed by atoms with Crippen molar-refractivity contribution in [1.82, 2.24) is 0 Å². The lowest BCUT2D eigenvalue weighted by molar-refractivity contribution is 0.0351. The topological polar surface area (TPSA) is 75.8 Å². The molecule has 5 heteroatoms. The summed E-state index contributed by atoms with van der Waals surface area (Å²) in [5.41, 5.74) is 6.94.